The maximum atomic E-state index is 13.1. The predicted molar refractivity (Wildman–Crippen MR) is 109 cm³/mol. The number of hydrogen-bond donors (Lipinski definition) is 1. The number of nitrogens with zero attached hydrogens (tertiary/aromatic N) is 2. The Hall–Kier alpha value is -2.22. The van der Waals surface area contributed by atoms with E-state index in [-0.39, 0.29) is 22.7 Å². The fourth-order valence-corrected chi connectivity index (χ4v) is 4.74. The number of aromatic nitrogens is 2. The van der Waals surface area contributed by atoms with Crippen LogP contribution >= 0.6 is 11.6 Å². The van der Waals surface area contributed by atoms with Crippen molar-refractivity contribution in [2.45, 2.75) is 29.7 Å². The van der Waals surface area contributed by atoms with E-state index in [1.807, 2.05) is 18.2 Å². The van der Waals surface area contributed by atoms with E-state index in [2.05, 4.69) is 15.3 Å². The Bertz CT molecular complexity index is 1080. The minimum atomic E-state index is -3.71. The van der Waals surface area contributed by atoms with Crippen LogP contribution in [0.1, 0.15) is 18.4 Å². The third-order valence-electron chi connectivity index (χ3n) is 4.62. The lowest BCUT2D eigenvalue weighted by molar-refractivity contribution is 0.120. The fraction of sp³-hybridized carbons (Fsp3) is 0.300. The second kappa shape index (κ2) is 8.03. The molecule has 0 spiro atoms. The van der Waals surface area contributed by atoms with E-state index in [0.717, 1.165) is 19.4 Å². The summed E-state index contributed by atoms with van der Waals surface area (Å²) in [6.07, 6.45) is 2.01. The molecule has 8 heteroatoms. The molecule has 2 heterocycles. The molecular weight excluding hydrogens is 398 g/mol. The van der Waals surface area contributed by atoms with Gasteiger partial charge < -0.3 is 10.1 Å². The molecule has 1 aliphatic rings. The first kappa shape index (κ1) is 19.1. The van der Waals surface area contributed by atoms with Crippen molar-refractivity contribution in [3.05, 3.63) is 59.1 Å². The van der Waals surface area contributed by atoms with Gasteiger partial charge in [-0.2, -0.15) is 0 Å². The zero-order valence-corrected chi connectivity index (χ0v) is 16.7. The van der Waals surface area contributed by atoms with Crippen LogP contribution in [0.2, 0.25) is 5.02 Å². The third kappa shape index (κ3) is 4.27. The SMILES string of the molecule is O=S(=O)(Cc1ccc(Cl)cc1)c1nc2ccccc2nc1NCC1CCCO1. The number of benzene rings is 2. The molecule has 1 saturated heterocycles. The minimum absolute atomic E-state index is 0.0425. The van der Waals surface area contributed by atoms with Gasteiger partial charge in [0.25, 0.3) is 0 Å². The largest absolute Gasteiger partial charge is 0.376 e. The Balaban J connectivity index is 1.69. The molecule has 0 radical (unpaired) electrons. The summed E-state index contributed by atoms with van der Waals surface area (Å²) in [6.45, 7) is 1.23. The van der Waals surface area contributed by atoms with Gasteiger partial charge in [-0.15, -0.1) is 0 Å². The molecule has 1 fully saturated rings. The summed E-state index contributed by atoms with van der Waals surface area (Å²) in [5.41, 5.74) is 1.83. The highest BCUT2D eigenvalue weighted by Crippen LogP contribution is 2.25. The summed E-state index contributed by atoms with van der Waals surface area (Å²) in [6, 6.07) is 14.0. The average Bonchev–Trinajstić information content (AvgIpc) is 3.21. The van der Waals surface area contributed by atoms with Crippen molar-refractivity contribution in [2.24, 2.45) is 0 Å². The minimum Gasteiger partial charge on any atom is -0.376 e. The van der Waals surface area contributed by atoms with Crippen molar-refractivity contribution in [1.29, 1.82) is 0 Å². The first-order valence-corrected chi connectivity index (χ1v) is 11.1. The summed E-state index contributed by atoms with van der Waals surface area (Å²) in [7, 11) is -3.71. The first-order valence-electron chi connectivity index (χ1n) is 9.11. The van der Waals surface area contributed by atoms with Crippen molar-refractivity contribution in [3.63, 3.8) is 0 Å². The Labute approximate surface area is 168 Å². The molecule has 0 amide bonds. The molecule has 0 aliphatic carbocycles. The monoisotopic (exact) mass is 417 g/mol. The molecule has 1 atom stereocenters. The van der Waals surface area contributed by atoms with Crippen LogP contribution in [0.25, 0.3) is 11.0 Å². The van der Waals surface area contributed by atoms with Crippen LogP contribution in [0.15, 0.2) is 53.6 Å². The molecule has 28 heavy (non-hydrogen) atoms. The molecule has 1 aromatic heterocycles. The van der Waals surface area contributed by atoms with Gasteiger partial charge in [0.05, 0.1) is 22.9 Å². The zero-order chi connectivity index (χ0) is 19.6. The van der Waals surface area contributed by atoms with Crippen LogP contribution in [-0.4, -0.2) is 37.6 Å². The standard InChI is InChI=1S/C20H20ClN3O3S/c21-15-9-7-14(8-10-15)13-28(25,26)20-19(22-12-16-4-3-11-27-16)23-17-5-1-2-6-18(17)24-20/h1-2,5-10,16H,3-4,11-13H2,(H,22,23). The van der Waals surface area contributed by atoms with Crippen LogP contribution in [0.3, 0.4) is 0 Å². The number of nitrogens with one attached hydrogen (secondary N) is 1. The molecule has 6 nitrogen and oxygen atoms in total. The van der Waals surface area contributed by atoms with E-state index in [0.29, 0.717) is 28.2 Å². The Morgan fingerprint density at radius 2 is 1.79 bits per heavy atom. The average molecular weight is 418 g/mol. The van der Waals surface area contributed by atoms with Crippen LogP contribution in [-0.2, 0) is 20.3 Å². The first-order chi connectivity index (χ1) is 13.5. The molecule has 0 bridgehead atoms. The van der Waals surface area contributed by atoms with Crippen LogP contribution < -0.4 is 5.32 Å². The van der Waals surface area contributed by atoms with Gasteiger partial charge >= 0.3 is 0 Å². The van der Waals surface area contributed by atoms with Gasteiger partial charge in [0.2, 0.25) is 9.84 Å². The molecule has 4 rings (SSSR count). The number of halogens is 1. The maximum absolute atomic E-state index is 13.1. The molecule has 0 saturated carbocycles. The van der Waals surface area contributed by atoms with E-state index in [4.69, 9.17) is 16.3 Å². The lowest BCUT2D eigenvalue weighted by atomic mass is 10.2. The molecular formula is C20H20ClN3O3S. The molecule has 146 valence electrons. The van der Waals surface area contributed by atoms with Gasteiger partial charge in [-0.3, -0.25) is 0 Å². The van der Waals surface area contributed by atoms with Gasteiger partial charge in [-0.05, 0) is 42.7 Å². The number of sulfone groups is 1. The molecule has 1 N–H and O–H groups in total. The smallest absolute Gasteiger partial charge is 0.203 e. The van der Waals surface area contributed by atoms with E-state index in [9.17, 15) is 8.42 Å². The van der Waals surface area contributed by atoms with Crippen molar-refractivity contribution in [1.82, 2.24) is 9.97 Å². The van der Waals surface area contributed by atoms with Crippen LogP contribution in [0.4, 0.5) is 5.82 Å². The quantitative estimate of drug-likeness (QED) is 0.656. The summed E-state index contributed by atoms with van der Waals surface area (Å²) in [5.74, 6) is 0.0920. The lowest BCUT2D eigenvalue weighted by Gasteiger charge is -2.15. The lowest BCUT2D eigenvalue weighted by Crippen LogP contribution is -2.21. The van der Waals surface area contributed by atoms with Gasteiger partial charge in [0, 0.05) is 18.2 Å². The molecule has 3 aromatic rings. The van der Waals surface area contributed by atoms with E-state index < -0.39 is 9.84 Å². The van der Waals surface area contributed by atoms with Crippen LogP contribution in [0.5, 0.6) is 0 Å². The second-order valence-electron chi connectivity index (χ2n) is 6.77. The van der Waals surface area contributed by atoms with Gasteiger partial charge in [0.1, 0.15) is 0 Å². The van der Waals surface area contributed by atoms with Crippen LogP contribution in [0, 0.1) is 0 Å². The van der Waals surface area contributed by atoms with Gasteiger partial charge in [0.15, 0.2) is 10.8 Å². The summed E-state index contributed by atoms with van der Waals surface area (Å²) < 4.78 is 31.9. The normalized spacial score (nSPS) is 17.1. The fourth-order valence-electron chi connectivity index (χ4n) is 3.20. The molecule has 1 unspecified atom stereocenters. The number of anilines is 1. The van der Waals surface area contributed by atoms with Crippen molar-refractivity contribution < 1.29 is 13.2 Å². The molecule has 1 aliphatic heterocycles. The Morgan fingerprint density at radius 1 is 1.07 bits per heavy atom. The third-order valence-corrected chi connectivity index (χ3v) is 6.46. The van der Waals surface area contributed by atoms with E-state index >= 15 is 0 Å². The van der Waals surface area contributed by atoms with Gasteiger partial charge in [-0.1, -0.05) is 35.9 Å². The Kier molecular flexibility index (Phi) is 5.48. The highest BCUT2D eigenvalue weighted by Gasteiger charge is 2.25. The summed E-state index contributed by atoms with van der Waals surface area (Å²) in [5, 5.41) is 3.67. The highest BCUT2D eigenvalue weighted by atomic mass is 35.5. The topological polar surface area (TPSA) is 81.2 Å². The van der Waals surface area contributed by atoms with Crippen molar-refractivity contribution in [3.8, 4) is 0 Å². The Morgan fingerprint density at radius 3 is 2.46 bits per heavy atom. The molecule has 2 aromatic carbocycles. The van der Waals surface area contributed by atoms with Gasteiger partial charge in [-0.25, -0.2) is 18.4 Å². The summed E-state index contributed by atoms with van der Waals surface area (Å²) in [4.78, 5) is 8.95. The van der Waals surface area contributed by atoms with Crippen molar-refractivity contribution in [2.75, 3.05) is 18.5 Å². The number of fused-ring (bicyclic) bond motifs is 1. The number of ether oxygens (including phenoxy) is 1. The zero-order valence-electron chi connectivity index (χ0n) is 15.1. The van der Waals surface area contributed by atoms with E-state index in [1.165, 1.54) is 0 Å². The van der Waals surface area contributed by atoms with E-state index in [1.54, 1.807) is 30.3 Å². The second-order valence-corrected chi connectivity index (χ2v) is 9.11. The summed E-state index contributed by atoms with van der Waals surface area (Å²) >= 11 is 5.90. The highest BCUT2D eigenvalue weighted by molar-refractivity contribution is 7.90. The number of hydrogen-bond acceptors (Lipinski definition) is 6. The van der Waals surface area contributed by atoms with Crippen molar-refractivity contribution >= 4 is 38.3 Å². The number of rotatable bonds is 6. The maximum Gasteiger partial charge on any atom is 0.203 e. The number of para-hydroxylation sites is 2. The predicted octanol–water partition coefficient (Wildman–Crippen LogP) is 3.85.